The molecule has 0 unspecified atom stereocenters. The molecule has 0 saturated carbocycles. The third-order valence-electron chi connectivity index (χ3n) is 5.78. The lowest BCUT2D eigenvalue weighted by Gasteiger charge is -2.12. The summed E-state index contributed by atoms with van der Waals surface area (Å²) in [5, 5.41) is 4.36. The van der Waals surface area contributed by atoms with Gasteiger partial charge in [-0.25, -0.2) is 4.99 Å². The minimum absolute atomic E-state index is 0.118. The molecule has 1 aromatic carbocycles. The minimum Gasteiger partial charge on any atom is -0.467 e. The van der Waals surface area contributed by atoms with Gasteiger partial charge in [0, 0.05) is 15.5 Å². The fourth-order valence-electron chi connectivity index (χ4n) is 4.09. The van der Waals surface area contributed by atoms with E-state index in [2.05, 4.69) is 10.3 Å². The van der Waals surface area contributed by atoms with E-state index in [1.807, 2.05) is 49.4 Å². The number of fused-ring (bicyclic) bond motifs is 1. The van der Waals surface area contributed by atoms with Crippen molar-refractivity contribution in [3.05, 3.63) is 86.8 Å². The number of carbonyl (C=O) groups excluding carboxylic acids is 1. The number of hydrogen-bond acceptors (Lipinski definition) is 5. The molecule has 1 aliphatic rings. The molecule has 5 rings (SSSR count). The van der Waals surface area contributed by atoms with Crippen LogP contribution in [0.25, 0.3) is 11.3 Å². The van der Waals surface area contributed by atoms with Gasteiger partial charge >= 0.3 is 0 Å². The Bertz CT molecular complexity index is 1320. The SMILES string of the molecule is Cc1ccc(Cl)cc1-c1ccc(C=Nc2sc3c(c2C(=O)NCc2ccco2)CCCC3)o1. The van der Waals surface area contributed by atoms with Crippen molar-refractivity contribution in [3.8, 4) is 11.3 Å². The number of benzene rings is 1. The van der Waals surface area contributed by atoms with Crippen LogP contribution in [0.2, 0.25) is 5.02 Å². The van der Waals surface area contributed by atoms with Crippen LogP contribution in [0.4, 0.5) is 5.00 Å². The second kappa shape index (κ2) is 9.41. The maximum atomic E-state index is 13.1. The van der Waals surface area contributed by atoms with Crippen molar-refractivity contribution in [2.24, 2.45) is 4.99 Å². The van der Waals surface area contributed by atoms with Gasteiger partial charge in [-0.05, 0) is 80.1 Å². The molecule has 168 valence electrons. The number of nitrogens with zero attached hydrogens (tertiary/aromatic N) is 1. The van der Waals surface area contributed by atoms with E-state index >= 15 is 0 Å². The third-order valence-corrected chi connectivity index (χ3v) is 7.22. The zero-order chi connectivity index (χ0) is 22.8. The van der Waals surface area contributed by atoms with E-state index in [1.165, 1.54) is 4.88 Å². The highest BCUT2D eigenvalue weighted by Gasteiger charge is 2.25. The number of aryl methyl sites for hydroxylation is 2. The Hall–Kier alpha value is -3.09. The van der Waals surface area contributed by atoms with Crippen LogP contribution in [0.15, 0.2) is 62.6 Å². The predicted octanol–water partition coefficient (Wildman–Crippen LogP) is 7.12. The van der Waals surface area contributed by atoms with E-state index in [0.29, 0.717) is 22.9 Å². The summed E-state index contributed by atoms with van der Waals surface area (Å²) in [6, 6.07) is 13.2. The van der Waals surface area contributed by atoms with E-state index in [1.54, 1.807) is 23.8 Å². The largest absolute Gasteiger partial charge is 0.467 e. The number of halogens is 1. The van der Waals surface area contributed by atoms with Gasteiger partial charge in [0.25, 0.3) is 5.91 Å². The molecule has 7 heteroatoms. The van der Waals surface area contributed by atoms with Crippen LogP contribution in [0.3, 0.4) is 0 Å². The lowest BCUT2D eigenvalue weighted by Crippen LogP contribution is -2.23. The fourth-order valence-corrected chi connectivity index (χ4v) is 5.50. The molecular weight excluding hydrogens is 456 g/mol. The molecule has 1 N–H and O–H groups in total. The number of carbonyl (C=O) groups is 1. The molecule has 4 aromatic rings. The Balaban J connectivity index is 1.41. The topological polar surface area (TPSA) is 67.7 Å². The van der Waals surface area contributed by atoms with Crippen molar-refractivity contribution in [2.75, 3.05) is 0 Å². The molecule has 3 heterocycles. The first kappa shape index (κ1) is 21.7. The van der Waals surface area contributed by atoms with E-state index in [0.717, 1.165) is 58.9 Å². The Labute approximate surface area is 201 Å². The first-order valence-electron chi connectivity index (χ1n) is 10.9. The number of aliphatic imine (C=N–C) groups is 1. The molecule has 0 bridgehead atoms. The average molecular weight is 479 g/mol. The Kier molecular flexibility index (Phi) is 6.20. The summed E-state index contributed by atoms with van der Waals surface area (Å²) >= 11 is 7.76. The Morgan fingerprint density at radius 2 is 2.09 bits per heavy atom. The van der Waals surface area contributed by atoms with Crippen molar-refractivity contribution in [2.45, 2.75) is 39.2 Å². The average Bonchev–Trinajstić information content (AvgIpc) is 3.57. The van der Waals surface area contributed by atoms with Gasteiger partial charge < -0.3 is 14.2 Å². The second-order valence-corrected chi connectivity index (χ2v) is 9.59. The summed E-state index contributed by atoms with van der Waals surface area (Å²) in [5.41, 5.74) is 3.84. The smallest absolute Gasteiger partial charge is 0.255 e. The normalized spacial score (nSPS) is 13.4. The molecule has 0 aliphatic heterocycles. The summed E-state index contributed by atoms with van der Waals surface area (Å²) in [6.07, 6.45) is 7.42. The highest BCUT2D eigenvalue weighted by atomic mass is 35.5. The van der Waals surface area contributed by atoms with Gasteiger partial charge in [0.05, 0.1) is 24.6 Å². The van der Waals surface area contributed by atoms with Crippen molar-refractivity contribution in [1.29, 1.82) is 0 Å². The molecule has 1 amide bonds. The van der Waals surface area contributed by atoms with Crippen LogP contribution >= 0.6 is 22.9 Å². The first-order chi connectivity index (χ1) is 16.1. The second-order valence-electron chi connectivity index (χ2n) is 8.07. The number of rotatable bonds is 6. The molecule has 0 atom stereocenters. The zero-order valence-electron chi connectivity index (χ0n) is 18.2. The molecule has 3 aromatic heterocycles. The number of amides is 1. The van der Waals surface area contributed by atoms with E-state index in [9.17, 15) is 4.79 Å². The number of furan rings is 2. The molecule has 0 spiro atoms. The summed E-state index contributed by atoms with van der Waals surface area (Å²) < 4.78 is 11.4. The molecule has 33 heavy (non-hydrogen) atoms. The van der Waals surface area contributed by atoms with Gasteiger partial charge in [-0.3, -0.25) is 4.79 Å². The van der Waals surface area contributed by atoms with Gasteiger partial charge in [0.1, 0.15) is 22.3 Å². The Morgan fingerprint density at radius 3 is 2.94 bits per heavy atom. The highest BCUT2D eigenvalue weighted by Crippen LogP contribution is 2.40. The third kappa shape index (κ3) is 4.68. The van der Waals surface area contributed by atoms with Crippen LogP contribution in [-0.2, 0) is 19.4 Å². The Morgan fingerprint density at radius 1 is 1.21 bits per heavy atom. The monoisotopic (exact) mass is 478 g/mol. The van der Waals surface area contributed by atoms with Gasteiger partial charge in [0.15, 0.2) is 0 Å². The van der Waals surface area contributed by atoms with Crippen LogP contribution in [0.1, 0.15) is 50.7 Å². The standard InChI is InChI=1S/C26H23ClN2O3S/c1-16-8-9-17(27)13-21(16)22-11-10-19(32-22)15-29-26-24(20-6-2-3-7-23(20)33-26)25(30)28-14-18-5-4-12-31-18/h4-5,8-13,15H,2-3,6-7,14H2,1H3,(H,28,30). The van der Waals surface area contributed by atoms with Crippen LogP contribution < -0.4 is 5.32 Å². The van der Waals surface area contributed by atoms with Gasteiger partial charge in [-0.1, -0.05) is 17.7 Å². The van der Waals surface area contributed by atoms with Crippen LogP contribution in [0, 0.1) is 6.92 Å². The van der Waals surface area contributed by atoms with Crippen molar-refractivity contribution in [1.82, 2.24) is 5.32 Å². The molecule has 5 nitrogen and oxygen atoms in total. The summed E-state index contributed by atoms with van der Waals surface area (Å²) in [4.78, 5) is 19.0. The van der Waals surface area contributed by atoms with Crippen LogP contribution in [0.5, 0.6) is 0 Å². The summed E-state index contributed by atoms with van der Waals surface area (Å²) in [5.74, 6) is 1.96. The molecular formula is C26H23ClN2O3S. The zero-order valence-corrected chi connectivity index (χ0v) is 19.8. The molecule has 1 aliphatic carbocycles. The van der Waals surface area contributed by atoms with Gasteiger partial charge in [0.2, 0.25) is 0 Å². The predicted molar refractivity (Wildman–Crippen MR) is 132 cm³/mol. The first-order valence-corrected chi connectivity index (χ1v) is 12.1. The van der Waals surface area contributed by atoms with Gasteiger partial charge in [-0.2, -0.15) is 0 Å². The van der Waals surface area contributed by atoms with Gasteiger partial charge in [-0.15, -0.1) is 11.3 Å². The molecule has 0 saturated heterocycles. The van der Waals surface area contributed by atoms with E-state index in [4.69, 9.17) is 20.4 Å². The fraction of sp³-hybridized carbons (Fsp3) is 0.231. The maximum absolute atomic E-state index is 13.1. The van der Waals surface area contributed by atoms with Crippen LogP contribution in [-0.4, -0.2) is 12.1 Å². The van der Waals surface area contributed by atoms with Crippen molar-refractivity contribution < 1.29 is 13.6 Å². The molecule has 0 radical (unpaired) electrons. The van der Waals surface area contributed by atoms with Crippen molar-refractivity contribution in [3.63, 3.8) is 0 Å². The lowest BCUT2D eigenvalue weighted by molar-refractivity contribution is 0.0948. The summed E-state index contributed by atoms with van der Waals surface area (Å²) in [6.45, 7) is 2.37. The number of thiophene rings is 1. The highest BCUT2D eigenvalue weighted by molar-refractivity contribution is 7.16. The maximum Gasteiger partial charge on any atom is 0.255 e. The van der Waals surface area contributed by atoms with E-state index in [-0.39, 0.29) is 5.91 Å². The number of nitrogens with one attached hydrogen (secondary N) is 1. The van der Waals surface area contributed by atoms with E-state index < -0.39 is 0 Å². The van der Waals surface area contributed by atoms with Crippen molar-refractivity contribution >= 4 is 40.1 Å². The lowest BCUT2D eigenvalue weighted by atomic mass is 9.95. The minimum atomic E-state index is -0.118. The number of hydrogen-bond donors (Lipinski definition) is 1. The molecule has 0 fully saturated rings. The summed E-state index contributed by atoms with van der Waals surface area (Å²) in [7, 11) is 0. The quantitative estimate of drug-likeness (QED) is 0.300.